The van der Waals surface area contributed by atoms with Crippen molar-refractivity contribution in [2.75, 3.05) is 5.32 Å². The van der Waals surface area contributed by atoms with Crippen LogP contribution in [0.2, 0.25) is 0 Å². The third-order valence-corrected chi connectivity index (χ3v) is 3.15. The lowest BCUT2D eigenvalue weighted by Crippen LogP contribution is -2.05. The molecule has 0 aliphatic heterocycles. The Labute approximate surface area is 95.5 Å². The van der Waals surface area contributed by atoms with Crippen molar-refractivity contribution in [2.24, 2.45) is 0 Å². The van der Waals surface area contributed by atoms with Gasteiger partial charge in [-0.15, -0.1) is 11.3 Å². The number of benzene rings is 1. The van der Waals surface area contributed by atoms with Gasteiger partial charge in [-0.1, -0.05) is 0 Å². The molecular weight excluding hydrogens is 226 g/mol. The molecule has 1 aromatic heterocycles. The van der Waals surface area contributed by atoms with Gasteiger partial charge >= 0.3 is 5.97 Å². The van der Waals surface area contributed by atoms with Crippen molar-refractivity contribution < 1.29 is 14.7 Å². The van der Waals surface area contributed by atoms with Crippen LogP contribution in [0.4, 0.5) is 5.69 Å². The fourth-order valence-corrected chi connectivity index (χ4v) is 2.31. The summed E-state index contributed by atoms with van der Waals surface area (Å²) in [5.41, 5.74) is 0.676. The number of hydrogen-bond donors (Lipinski definition) is 2. The van der Waals surface area contributed by atoms with E-state index in [2.05, 4.69) is 5.32 Å². The molecule has 5 heteroatoms. The van der Waals surface area contributed by atoms with Crippen LogP contribution in [-0.2, 0) is 4.79 Å². The molecule has 2 aromatic rings. The topological polar surface area (TPSA) is 66.4 Å². The molecule has 0 unspecified atom stereocenters. The van der Waals surface area contributed by atoms with E-state index in [9.17, 15) is 9.59 Å². The van der Waals surface area contributed by atoms with Gasteiger partial charge in [0.1, 0.15) is 4.88 Å². The number of thiophene rings is 1. The van der Waals surface area contributed by atoms with E-state index in [4.69, 9.17) is 5.11 Å². The summed E-state index contributed by atoms with van der Waals surface area (Å²) in [5, 5.41) is 12.3. The summed E-state index contributed by atoms with van der Waals surface area (Å²) in [6.45, 7) is 1.43. The first-order valence-electron chi connectivity index (χ1n) is 4.61. The van der Waals surface area contributed by atoms with Crippen LogP contribution in [0.25, 0.3) is 10.1 Å². The summed E-state index contributed by atoms with van der Waals surface area (Å²) in [6, 6.07) is 6.93. The van der Waals surface area contributed by atoms with Crippen molar-refractivity contribution in [1.82, 2.24) is 0 Å². The minimum absolute atomic E-state index is 0.145. The van der Waals surface area contributed by atoms with Gasteiger partial charge in [-0.05, 0) is 29.7 Å². The van der Waals surface area contributed by atoms with Gasteiger partial charge in [0.2, 0.25) is 5.91 Å². The van der Waals surface area contributed by atoms with Crippen molar-refractivity contribution in [3.05, 3.63) is 29.1 Å². The number of carbonyl (C=O) groups is 2. The highest BCUT2D eigenvalue weighted by Gasteiger charge is 2.08. The number of nitrogens with one attached hydrogen (secondary N) is 1. The zero-order chi connectivity index (χ0) is 11.7. The molecule has 0 radical (unpaired) electrons. The molecule has 2 N–H and O–H groups in total. The highest BCUT2D eigenvalue weighted by molar-refractivity contribution is 7.20. The van der Waals surface area contributed by atoms with Crippen LogP contribution in [-0.4, -0.2) is 17.0 Å². The maximum atomic E-state index is 10.9. The monoisotopic (exact) mass is 235 g/mol. The van der Waals surface area contributed by atoms with Crippen LogP contribution in [0.1, 0.15) is 16.6 Å². The summed E-state index contributed by atoms with van der Waals surface area (Å²) in [6.07, 6.45) is 0. The molecule has 4 nitrogen and oxygen atoms in total. The minimum atomic E-state index is -0.928. The number of carboxylic acid groups (broad SMARTS) is 1. The van der Waals surface area contributed by atoms with Gasteiger partial charge in [-0.2, -0.15) is 0 Å². The van der Waals surface area contributed by atoms with Crippen LogP contribution in [0.3, 0.4) is 0 Å². The molecule has 1 amide bonds. The SMILES string of the molecule is CC(=O)Nc1ccc2sc(C(=O)O)cc2c1. The summed E-state index contributed by atoms with van der Waals surface area (Å²) in [5.74, 6) is -1.07. The van der Waals surface area contributed by atoms with Crippen molar-refractivity contribution in [1.29, 1.82) is 0 Å². The average molecular weight is 235 g/mol. The zero-order valence-electron chi connectivity index (χ0n) is 8.48. The lowest BCUT2D eigenvalue weighted by atomic mass is 10.2. The van der Waals surface area contributed by atoms with Gasteiger partial charge in [-0.3, -0.25) is 4.79 Å². The Kier molecular flexibility index (Phi) is 2.62. The largest absolute Gasteiger partial charge is 0.477 e. The Morgan fingerprint density at radius 2 is 2.06 bits per heavy atom. The average Bonchev–Trinajstić information content (AvgIpc) is 2.59. The highest BCUT2D eigenvalue weighted by Crippen LogP contribution is 2.28. The number of amides is 1. The van der Waals surface area contributed by atoms with E-state index in [-0.39, 0.29) is 5.91 Å². The van der Waals surface area contributed by atoms with Crippen molar-refractivity contribution in [3.63, 3.8) is 0 Å². The summed E-state index contributed by atoms with van der Waals surface area (Å²) in [7, 11) is 0. The number of carboxylic acids is 1. The molecule has 0 aliphatic rings. The molecule has 2 rings (SSSR count). The van der Waals surface area contributed by atoms with Gasteiger partial charge in [0.25, 0.3) is 0 Å². The maximum absolute atomic E-state index is 10.9. The predicted octanol–water partition coefficient (Wildman–Crippen LogP) is 2.56. The predicted molar refractivity (Wildman–Crippen MR) is 63.1 cm³/mol. The van der Waals surface area contributed by atoms with E-state index < -0.39 is 5.97 Å². The lowest BCUT2D eigenvalue weighted by molar-refractivity contribution is -0.114. The first-order chi connectivity index (χ1) is 7.56. The van der Waals surface area contributed by atoms with E-state index >= 15 is 0 Å². The smallest absolute Gasteiger partial charge is 0.345 e. The standard InChI is InChI=1S/C11H9NO3S/c1-6(13)12-8-2-3-9-7(4-8)5-10(16-9)11(14)15/h2-5H,1H3,(H,12,13)(H,14,15). The van der Waals surface area contributed by atoms with Crippen molar-refractivity contribution >= 4 is 39.0 Å². The fraction of sp³-hybridized carbons (Fsp3) is 0.0909. The van der Waals surface area contributed by atoms with Gasteiger partial charge < -0.3 is 10.4 Å². The van der Waals surface area contributed by atoms with Gasteiger partial charge in [0.05, 0.1) is 0 Å². The van der Waals surface area contributed by atoms with E-state index in [1.54, 1.807) is 24.3 Å². The summed E-state index contributed by atoms with van der Waals surface area (Å²) < 4.78 is 0.895. The quantitative estimate of drug-likeness (QED) is 0.840. The molecular formula is C11H9NO3S. The minimum Gasteiger partial charge on any atom is -0.477 e. The second-order valence-electron chi connectivity index (χ2n) is 3.35. The van der Waals surface area contributed by atoms with Gasteiger partial charge in [0.15, 0.2) is 0 Å². The van der Waals surface area contributed by atoms with Crippen LogP contribution in [0.15, 0.2) is 24.3 Å². The van der Waals surface area contributed by atoms with Crippen molar-refractivity contribution in [3.8, 4) is 0 Å². The molecule has 0 saturated heterocycles. The lowest BCUT2D eigenvalue weighted by Gasteiger charge is -2.00. The summed E-state index contributed by atoms with van der Waals surface area (Å²) in [4.78, 5) is 21.9. The normalized spacial score (nSPS) is 10.3. The van der Waals surface area contributed by atoms with E-state index in [0.717, 1.165) is 10.1 Å². The van der Waals surface area contributed by atoms with E-state index in [1.165, 1.54) is 18.3 Å². The third kappa shape index (κ3) is 2.04. The fourth-order valence-electron chi connectivity index (χ4n) is 1.43. The first-order valence-corrected chi connectivity index (χ1v) is 5.42. The molecule has 0 fully saturated rings. The number of anilines is 1. The molecule has 0 bridgehead atoms. The molecule has 0 spiro atoms. The number of fused-ring (bicyclic) bond motifs is 1. The number of aromatic carboxylic acids is 1. The molecule has 82 valence electrons. The molecule has 1 heterocycles. The highest BCUT2D eigenvalue weighted by atomic mass is 32.1. The van der Waals surface area contributed by atoms with Gasteiger partial charge in [0, 0.05) is 17.3 Å². The second kappa shape index (κ2) is 3.94. The Morgan fingerprint density at radius 1 is 1.31 bits per heavy atom. The van der Waals surface area contributed by atoms with Crippen LogP contribution in [0.5, 0.6) is 0 Å². The number of rotatable bonds is 2. The van der Waals surface area contributed by atoms with Crippen LogP contribution >= 0.6 is 11.3 Å². The molecule has 0 saturated carbocycles. The van der Waals surface area contributed by atoms with Crippen molar-refractivity contribution in [2.45, 2.75) is 6.92 Å². The second-order valence-corrected chi connectivity index (χ2v) is 4.43. The third-order valence-electron chi connectivity index (χ3n) is 2.05. The Balaban J connectivity index is 2.45. The molecule has 0 atom stereocenters. The van der Waals surface area contributed by atoms with Crippen LogP contribution in [0, 0.1) is 0 Å². The molecule has 0 aliphatic carbocycles. The Bertz CT molecular complexity index is 574. The number of carbonyl (C=O) groups excluding carboxylic acids is 1. The molecule has 16 heavy (non-hydrogen) atoms. The van der Waals surface area contributed by atoms with Crippen LogP contribution < -0.4 is 5.32 Å². The maximum Gasteiger partial charge on any atom is 0.345 e. The summed E-state index contributed by atoms with van der Waals surface area (Å²) >= 11 is 1.22. The Morgan fingerprint density at radius 3 is 2.69 bits per heavy atom. The number of hydrogen-bond acceptors (Lipinski definition) is 3. The first kappa shape index (κ1) is 10.6. The van der Waals surface area contributed by atoms with E-state index in [1.807, 2.05) is 0 Å². The Hall–Kier alpha value is -1.88. The molecule has 1 aromatic carbocycles. The van der Waals surface area contributed by atoms with Gasteiger partial charge in [-0.25, -0.2) is 4.79 Å². The zero-order valence-corrected chi connectivity index (χ0v) is 9.30. The van der Waals surface area contributed by atoms with E-state index in [0.29, 0.717) is 10.6 Å².